The first-order valence-electron chi connectivity index (χ1n) is 9.68. The normalized spacial score (nSPS) is 14.0. The summed E-state index contributed by atoms with van der Waals surface area (Å²) >= 11 is 0. The summed E-state index contributed by atoms with van der Waals surface area (Å²) in [6, 6.07) is 11.2. The molecular formula is C21H26N2O6S. The Morgan fingerprint density at radius 3 is 2.43 bits per heavy atom. The molecule has 2 aromatic rings. The SMILES string of the molecule is CCOc1ccc(CNC(=O)C(C)N(c2ccc3c(c2)OCCO3)S(C)(=O)=O)cc1. The zero-order valence-corrected chi connectivity index (χ0v) is 18.1. The van der Waals surface area contributed by atoms with Crippen LogP contribution < -0.4 is 23.8 Å². The molecule has 0 saturated carbocycles. The molecule has 2 aromatic carbocycles. The predicted octanol–water partition coefficient (Wildman–Crippen LogP) is 2.33. The third kappa shape index (κ3) is 5.15. The van der Waals surface area contributed by atoms with Crippen molar-refractivity contribution in [2.45, 2.75) is 26.4 Å². The molecule has 162 valence electrons. The Morgan fingerprint density at radius 1 is 1.13 bits per heavy atom. The Bertz CT molecular complexity index is 991. The topological polar surface area (TPSA) is 94.2 Å². The third-order valence-electron chi connectivity index (χ3n) is 4.57. The highest BCUT2D eigenvalue weighted by molar-refractivity contribution is 7.92. The highest BCUT2D eigenvalue weighted by Gasteiger charge is 2.30. The van der Waals surface area contributed by atoms with Crippen molar-refractivity contribution in [2.24, 2.45) is 0 Å². The van der Waals surface area contributed by atoms with Crippen molar-refractivity contribution in [3.8, 4) is 17.2 Å². The molecule has 0 aromatic heterocycles. The number of hydrogen-bond donors (Lipinski definition) is 1. The number of fused-ring (bicyclic) bond motifs is 1. The Morgan fingerprint density at radius 2 is 1.80 bits per heavy atom. The number of nitrogens with one attached hydrogen (secondary N) is 1. The number of carbonyl (C=O) groups is 1. The van der Waals surface area contributed by atoms with Gasteiger partial charge in [-0.2, -0.15) is 0 Å². The van der Waals surface area contributed by atoms with Crippen molar-refractivity contribution in [3.63, 3.8) is 0 Å². The number of benzene rings is 2. The van der Waals surface area contributed by atoms with Crippen molar-refractivity contribution in [2.75, 3.05) is 30.4 Å². The maximum atomic E-state index is 12.7. The van der Waals surface area contributed by atoms with E-state index in [1.165, 1.54) is 0 Å². The zero-order chi connectivity index (χ0) is 21.7. The van der Waals surface area contributed by atoms with E-state index in [1.807, 2.05) is 31.2 Å². The molecule has 1 atom stereocenters. The molecule has 0 bridgehead atoms. The number of hydrogen-bond acceptors (Lipinski definition) is 6. The molecule has 30 heavy (non-hydrogen) atoms. The summed E-state index contributed by atoms with van der Waals surface area (Å²) in [7, 11) is -3.72. The van der Waals surface area contributed by atoms with E-state index in [9.17, 15) is 13.2 Å². The molecule has 0 radical (unpaired) electrons. The van der Waals surface area contributed by atoms with E-state index < -0.39 is 22.0 Å². The van der Waals surface area contributed by atoms with Gasteiger partial charge in [0.2, 0.25) is 15.9 Å². The first kappa shape index (κ1) is 21.8. The standard InChI is InChI=1S/C21H26N2O6S/c1-4-27-18-8-5-16(6-9-18)14-22-21(24)15(2)23(30(3,25)26)17-7-10-19-20(13-17)29-12-11-28-19/h5-10,13,15H,4,11-12,14H2,1-3H3,(H,22,24). The highest BCUT2D eigenvalue weighted by atomic mass is 32.2. The molecule has 1 N–H and O–H groups in total. The lowest BCUT2D eigenvalue weighted by Gasteiger charge is -2.29. The summed E-state index contributed by atoms with van der Waals surface area (Å²) in [5, 5.41) is 2.79. The Kier molecular flexibility index (Phi) is 6.71. The fourth-order valence-corrected chi connectivity index (χ4v) is 4.35. The monoisotopic (exact) mass is 434 g/mol. The van der Waals surface area contributed by atoms with Gasteiger partial charge >= 0.3 is 0 Å². The van der Waals surface area contributed by atoms with Gasteiger partial charge in [0.05, 0.1) is 18.6 Å². The predicted molar refractivity (Wildman–Crippen MR) is 114 cm³/mol. The second kappa shape index (κ2) is 9.25. The molecule has 1 unspecified atom stereocenters. The van der Waals surface area contributed by atoms with Gasteiger partial charge in [-0.3, -0.25) is 9.10 Å². The second-order valence-electron chi connectivity index (χ2n) is 6.86. The van der Waals surface area contributed by atoms with Crippen LogP contribution >= 0.6 is 0 Å². The largest absolute Gasteiger partial charge is 0.494 e. The summed E-state index contributed by atoms with van der Waals surface area (Å²) in [6.45, 7) is 5.12. The van der Waals surface area contributed by atoms with Gasteiger partial charge in [-0.05, 0) is 43.7 Å². The van der Waals surface area contributed by atoms with Crippen LogP contribution in [0.4, 0.5) is 5.69 Å². The molecule has 1 aliphatic rings. The number of ether oxygens (including phenoxy) is 3. The lowest BCUT2D eigenvalue weighted by Crippen LogP contribution is -2.47. The van der Waals surface area contributed by atoms with Crippen molar-refractivity contribution < 1.29 is 27.4 Å². The van der Waals surface area contributed by atoms with Crippen LogP contribution in [0.25, 0.3) is 0 Å². The van der Waals surface area contributed by atoms with Gasteiger partial charge in [0.1, 0.15) is 25.0 Å². The molecule has 0 aliphatic carbocycles. The Balaban J connectivity index is 1.73. The maximum Gasteiger partial charge on any atom is 0.243 e. The molecule has 9 heteroatoms. The smallest absolute Gasteiger partial charge is 0.243 e. The van der Waals surface area contributed by atoms with Crippen LogP contribution in [-0.2, 0) is 21.4 Å². The van der Waals surface area contributed by atoms with Gasteiger partial charge in [0.25, 0.3) is 0 Å². The number of rotatable bonds is 8. The average molecular weight is 435 g/mol. The molecule has 1 amide bonds. The molecule has 1 heterocycles. The van der Waals surface area contributed by atoms with Gasteiger partial charge in [0, 0.05) is 12.6 Å². The lowest BCUT2D eigenvalue weighted by molar-refractivity contribution is -0.122. The summed E-state index contributed by atoms with van der Waals surface area (Å²) in [5.41, 5.74) is 1.22. The van der Waals surface area contributed by atoms with E-state index in [0.717, 1.165) is 21.9 Å². The number of nitrogens with zero attached hydrogens (tertiary/aromatic N) is 1. The lowest BCUT2D eigenvalue weighted by atomic mass is 10.2. The van der Waals surface area contributed by atoms with Crippen LogP contribution in [0.2, 0.25) is 0 Å². The van der Waals surface area contributed by atoms with E-state index in [2.05, 4.69) is 5.32 Å². The van der Waals surface area contributed by atoms with E-state index in [0.29, 0.717) is 37.0 Å². The van der Waals surface area contributed by atoms with Gasteiger partial charge in [0.15, 0.2) is 11.5 Å². The molecule has 0 spiro atoms. The number of amides is 1. The first-order valence-corrected chi connectivity index (χ1v) is 11.5. The van der Waals surface area contributed by atoms with E-state index in [1.54, 1.807) is 25.1 Å². The number of anilines is 1. The van der Waals surface area contributed by atoms with Crippen LogP contribution in [0.1, 0.15) is 19.4 Å². The summed E-state index contributed by atoms with van der Waals surface area (Å²) in [4.78, 5) is 12.7. The van der Waals surface area contributed by atoms with E-state index in [4.69, 9.17) is 14.2 Å². The van der Waals surface area contributed by atoms with E-state index >= 15 is 0 Å². The quantitative estimate of drug-likeness (QED) is 0.685. The van der Waals surface area contributed by atoms with Crippen molar-refractivity contribution in [1.29, 1.82) is 0 Å². The van der Waals surface area contributed by atoms with Crippen molar-refractivity contribution in [3.05, 3.63) is 48.0 Å². The molecule has 8 nitrogen and oxygen atoms in total. The molecular weight excluding hydrogens is 408 g/mol. The minimum absolute atomic E-state index is 0.272. The van der Waals surface area contributed by atoms with Crippen LogP contribution in [0, 0.1) is 0 Å². The maximum absolute atomic E-state index is 12.7. The second-order valence-corrected chi connectivity index (χ2v) is 8.72. The van der Waals surface area contributed by atoms with Crippen molar-refractivity contribution in [1.82, 2.24) is 5.32 Å². The van der Waals surface area contributed by atoms with Crippen LogP contribution in [0.15, 0.2) is 42.5 Å². The average Bonchev–Trinajstić information content (AvgIpc) is 2.72. The minimum Gasteiger partial charge on any atom is -0.494 e. The molecule has 3 rings (SSSR count). The van der Waals surface area contributed by atoms with Gasteiger partial charge in [-0.1, -0.05) is 12.1 Å². The van der Waals surface area contributed by atoms with Gasteiger partial charge in [-0.25, -0.2) is 8.42 Å². The van der Waals surface area contributed by atoms with Crippen LogP contribution in [-0.4, -0.2) is 46.4 Å². The number of sulfonamides is 1. The number of carbonyl (C=O) groups excluding carboxylic acids is 1. The summed E-state index contributed by atoms with van der Waals surface area (Å²) in [6.07, 6.45) is 1.07. The Hall–Kier alpha value is -2.94. The van der Waals surface area contributed by atoms with Gasteiger partial charge in [-0.15, -0.1) is 0 Å². The summed E-state index contributed by atoms with van der Waals surface area (Å²) in [5.74, 6) is 1.34. The molecule has 0 fully saturated rings. The Labute approximate surface area is 176 Å². The summed E-state index contributed by atoms with van der Waals surface area (Å²) < 4.78 is 42.5. The molecule has 0 saturated heterocycles. The third-order valence-corrected chi connectivity index (χ3v) is 5.81. The molecule has 1 aliphatic heterocycles. The highest BCUT2D eigenvalue weighted by Crippen LogP contribution is 2.35. The van der Waals surface area contributed by atoms with Crippen molar-refractivity contribution >= 4 is 21.6 Å². The zero-order valence-electron chi connectivity index (χ0n) is 17.3. The van der Waals surface area contributed by atoms with Gasteiger partial charge < -0.3 is 19.5 Å². The van der Waals surface area contributed by atoms with E-state index in [-0.39, 0.29) is 6.54 Å². The van der Waals surface area contributed by atoms with Crippen LogP contribution in [0.3, 0.4) is 0 Å². The fourth-order valence-electron chi connectivity index (χ4n) is 3.18. The minimum atomic E-state index is -3.72. The van der Waals surface area contributed by atoms with Crippen LogP contribution in [0.5, 0.6) is 17.2 Å². The fraction of sp³-hybridized carbons (Fsp3) is 0.381. The first-order chi connectivity index (χ1) is 14.3.